The number of amides is 10. The standard InChI is InChI=1S/C60H79F2N11O17/c1-34(66-56(85)36(3)70(7)26-13-9-12-16-52(82)90-73-48(77)20-21-49(73)78)54(83)65-35(2)55(84)69-44(30-46(63)75)58(87)68-42(57(86)64-25-23-47(76)67-43(59(88)89)19-22-51(80)81)24-27-72(50(79)33-74)53(60(4,5)6)45-28-38(40-29-39(61)17-18-41(40)62)32-71(45)31-37-14-10-8-11-15-37/h8,10-11,14-15,17-18,20-21,28-29,32,34-36,42-44,53,74H,9,12-13,16,19,22-27,30-31,33H2,1-7H3,(H2,63,75)(H,64,86)(H,65,83)(H,66,85)(H,67,76)(H,68,87)(H,69,84)(H,80,81)(H,88,89)/t34-,35-,36-,42-,43-,44-,53-/m0/s1. The number of carboxylic acids is 2. The first-order chi connectivity index (χ1) is 42.3. The molecule has 30 heteroatoms. The normalized spacial score (nSPS) is 14.5. The number of rotatable bonds is 36. The molecule has 7 atom stereocenters. The summed E-state index contributed by atoms with van der Waals surface area (Å²) >= 11 is 0. The molecule has 4 rings (SSSR count). The molecule has 28 nitrogen and oxygen atoms in total. The smallest absolute Gasteiger partial charge is 0.333 e. The Labute approximate surface area is 517 Å². The summed E-state index contributed by atoms with van der Waals surface area (Å²) in [5, 5.41) is 43.9. The highest BCUT2D eigenvalue weighted by atomic mass is 19.1. The highest BCUT2D eigenvalue weighted by Crippen LogP contribution is 2.41. The number of halogens is 2. The average Bonchev–Trinajstić information content (AvgIpc) is 1.67. The van der Waals surface area contributed by atoms with Gasteiger partial charge in [-0.05, 0) is 95.3 Å². The van der Waals surface area contributed by atoms with Crippen LogP contribution in [0.3, 0.4) is 0 Å². The van der Waals surface area contributed by atoms with Gasteiger partial charge in [-0.15, -0.1) is 0 Å². The molecule has 1 aliphatic rings. The number of likely N-dealkylation sites (N-methyl/N-ethyl adjacent to an activating group) is 1. The number of aliphatic carboxylic acids is 2. The van der Waals surface area contributed by atoms with Gasteiger partial charge >= 0.3 is 17.9 Å². The maximum absolute atomic E-state index is 15.4. The number of aromatic nitrogens is 1. The zero-order valence-electron chi connectivity index (χ0n) is 51.0. The van der Waals surface area contributed by atoms with Crippen molar-refractivity contribution in [1.82, 2.24) is 51.3 Å². The number of hydrogen-bond acceptors (Lipinski definition) is 16. The molecule has 0 bridgehead atoms. The Hall–Kier alpha value is -9.45. The van der Waals surface area contributed by atoms with Gasteiger partial charge in [0.2, 0.25) is 47.3 Å². The predicted octanol–water partition coefficient (Wildman–Crippen LogP) is 0.839. The number of carbonyl (C=O) groups excluding carboxylic acids is 11. The lowest BCUT2D eigenvalue weighted by atomic mass is 9.82. The second-order valence-corrected chi connectivity index (χ2v) is 22.6. The molecule has 3 aromatic rings. The van der Waals surface area contributed by atoms with Gasteiger partial charge in [0.05, 0.1) is 18.5 Å². The van der Waals surface area contributed by atoms with E-state index in [2.05, 4.69) is 31.9 Å². The molecule has 2 aromatic carbocycles. The highest BCUT2D eigenvalue weighted by Gasteiger charge is 2.39. The quantitative estimate of drug-likeness (QED) is 0.0285. The maximum atomic E-state index is 15.4. The highest BCUT2D eigenvalue weighted by molar-refractivity contribution is 6.12. The Balaban J connectivity index is 1.54. The first-order valence-corrected chi connectivity index (χ1v) is 28.9. The molecule has 90 heavy (non-hydrogen) atoms. The number of unbranched alkanes of at least 4 members (excludes halogenated alkanes) is 2. The van der Waals surface area contributed by atoms with Gasteiger partial charge in [-0.2, -0.15) is 0 Å². The average molecular weight is 1260 g/mol. The summed E-state index contributed by atoms with van der Waals surface area (Å²) in [5.74, 6) is -14.3. The molecule has 490 valence electrons. The van der Waals surface area contributed by atoms with E-state index in [1.807, 2.05) is 12.1 Å². The zero-order chi connectivity index (χ0) is 67.2. The third-order valence-electron chi connectivity index (χ3n) is 14.4. The van der Waals surface area contributed by atoms with Crippen LogP contribution in [0.1, 0.15) is 117 Å². The Morgan fingerprint density at radius 2 is 1.32 bits per heavy atom. The van der Waals surface area contributed by atoms with Gasteiger partial charge in [0, 0.05) is 74.1 Å². The Kier molecular flexibility index (Phi) is 27.9. The lowest BCUT2D eigenvalue weighted by Gasteiger charge is -2.41. The molecule has 1 aromatic heterocycles. The molecule has 0 unspecified atom stereocenters. The van der Waals surface area contributed by atoms with Crippen LogP contribution in [0.2, 0.25) is 0 Å². The van der Waals surface area contributed by atoms with Gasteiger partial charge in [-0.1, -0.05) is 62.6 Å². The number of aliphatic hydroxyl groups excluding tert-OH is 1. The molecular weight excluding hydrogens is 1180 g/mol. The van der Waals surface area contributed by atoms with E-state index >= 15 is 4.39 Å². The van der Waals surface area contributed by atoms with Crippen molar-refractivity contribution in [3.8, 4) is 11.1 Å². The van der Waals surface area contributed by atoms with Gasteiger partial charge < -0.3 is 67.3 Å². The number of nitrogens with one attached hydrogen (secondary N) is 6. The number of nitrogens with zero attached hydrogens (tertiary/aromatic N) is 4. The van der Waals surface area contributed by atoms with Crippen molar-refractivity contribution in [1.29, 1.82) is 0 Å². The monoisotopic (exact) mass is 1260 g/mol. The molecule has 0 spiro atoms. The van der Waals surface area contributed by atoms with Gasteiger partial charge in [0.25, 0.3) is 11.8 Å². The summed E-state index contributed by atoms with van der Waals surface area (Å²) in [6.07, 6.45) is 1.81. The zero-order valence-corrected chi connectivity index (χ0v) is 51.0. The summed E-state index contributed by atoms with van der Waals surface area (Å²) in [4.78, 5) is 174. The van der Waals surface area contributed by atoms with Crippen LogP contribution in [0.4, 0.5) is 8.78 Å². The minimum atomic E-state index is -1.85. The lowest BCUT2D eigenvalue weighted by molar-refractivity contribution is -0.196. The number of carboxylic acid groups (broad SMARTS) is 2. The van der Waals surface area contributed by atoms with Crippen molar-refractivity contribution in [3.05, 3.63) is 95.8 Å². The minimum Gasteiger partial charge on any atom is -0.481 e. The van der Waals surface area contributed by atoms with Crippen LogP contribution < -0.4 is 37.6 Å². The minimum absolute atomic E-state index is 0.0799. The molecule has 10 amide bonds. The van der Waals surface area contributed by atoms with Crippen molar-refractivity contribution >= 4 is 77.0 Å². The summed E-state index contributed by atoms with van der Waals surface area (Å²) in [7, 11) is 1.65. The number of hydrogen-bond donors (Lipinski definition) is 10. The fourth-order valence-electron chi connectivity index (χ4n) is 9.46. The van der Waals surface area contributed by atoms with Crippen LogP contribution in [0.5, 0.6) is 0 Å². The first kappa shape index (κ1) is 73.0. The van der Waals surface area contributed by atoms with E-state index in [0.29, 0.717) is 36.6 Å². The molecule has 11 N–H and O–H groups in total. The van der Waals surface area contributed by atoms with Crippen LogP contribution in [0.15, 0.2) is 72.9 Å². The van der Waals surface area contributed by atoms with Crippen LogP contribution >= 0.6 is 0 Å². The van der Waals surface area contributed by atoms with E-state index < -0.39 is 188 Å². The van der Waals surface area contributed by atoms with Crippen molar-refractivity contribution in [2.75, 3.05) is 33.3 Å². The molecule has 0 saturated heterocycles. The maximum Gasteiger partial charge on any atom is 0.333 e. The first-order valence-electron chi connectivity index (χ1n) is 28.9. The Bertz CT molecular complexity index is 3130. The SMILES string of the molecule is C[C@H](NC(=O)[C@H](C)NC(=O)[C@H](C)N(C)CCCCCC(=O)ON1C(=O)C=CC1=O)C(=O)N[C@@H](CC(N)=O)C(=O)N[C@@H](CCN(C(=O)CO)[C@@H](c1cc(-c2cc(F)ccc2F)cn1Cc1ccccc1)C(C)(C)C)C(=O)NCCC(=O)N[C@@H](CCC(=O)O)C(=O)O. The van der Waals surface area contributed by atoms with E-state index in [1.165, 1.54) is 18.7 Å². The molecule has 2 heterocycles. The van der Waals surface area contributed by atoms with Crippen LogP contribution in [-0.4, -0.2) is 181 Å². The van der Waals surface area contributed by atoms with Crippen molar-refractivity contribution in [2.24, 2.45) is 11.1 Å². The molecule has 0 fully saturated rings. The van der Waals surface area contributed by atoms with E-state index in [9.17, 15) is 76.9 Å². The molecule has 0 saturated carbocycles. The molecule has 0 aliphatic carbocycles. The summed E-state index contributed by atoms with van der Waals surface area (Å²) in [6, 6.07) is 3.80. The summed E-state index contributed by atoms with van der Waals surface area (Å²) in [5.41, 5.74) is 5.82. The molecular formula is C60H79F2N11O17. The fourth-order valence-corrected chi connectivity index (χ4v) is 9.46. The van der Waals surface area contributed by atoms with E-state index in [4.69, 9.17) is 15.7 Å². The number of nitrogens with two attached hydrogens (primary N) is 1. The van der Waals surface area contributed by atoms with Gasteiger partial charge in [0.15, 0.2) is 0 Å². The second kappa shape index (κ2) is 34.3. The van der Waals surface area contributed by atoms with E-state index in [1.54, 1.807) is 74.7 Å². The van der Waals surface area contributed by atoms with Crippen LogP contribution in [0, 0.1) is 17.0 Å². The number of benzene rings is 2. The van der Waals surface area contributed by atoms with E-state index in [-0.39, 0.29) is 24.1 Å². The number of aliphatic hydroxyl groups is 1. The van der Waals surface area contributed by atoms with E-state index in [0.717, 1.165) is 35.9 Å². The fraction of sp³-hybridized carbons (Fsp3) is 0.483. The van der Waals surface area contributed by atoms with Gasteiger partial charge in [-0.25, -0.2) is 18.4 Å². The number of hydroxylamine groups is 2. The van der Waals surface area contributed by atoms with Crippen molar-refractivity contribution < 1.29 is 91.3 Å². The summed E-state index contributed by atoms with van der Waals surface area (Å²) in [6.45, 7) is 7.89. The van der Waals surface area contributed by atoms with Crippen molar-refractivity contribution in [3.63, 3.8) is 0 Å². The Morgan fingerprint density at radius 3 is 1.92 bits per heavy atom. The topological polar surface area (TPSA) is 405 Å². The van der Waals surface area contributed by atoms with Crippen molar-refractivity contribution in [2.45, 2.75) is 148 Å². The largest absolute Gasteiger partial charge is 0.481 e. The van der Waals surface area contributed by atoms with Gasteiger partial charge in [-0.3, -0.25) is 57.6 Å². The molecule has 0 radical (unpaired) electrons. The second-order valence-electron chi connectivity index (χ2n) is 22.6. The number of carbonyl (C=O) groups is 13. The third-order valence-corrected chi connectivity index (χ3v) is 14.4. The number of imide groups is 1. The molecule has 1 aliphatic heterocycles. The predicted molar refractivity (Wildman–Crippen MR) is 316 cm³/mol. The summed E-state index contributed by atoms with van der Waals surface area (Å²) < 4.78 is 31.8. The van der Waals surface area contributed by atoms with Crippen LogP contribution in [-0.2, 0) is 73.7 Å². The lowest BCUT2D eigenvalue weighted by Crippen LogP contribution is -2.58. The van der Waals surface area contributed by atoms with Crippen LogP contribution in [0.25, 0.3) is 11.1 Å². The Morgan fingerprint density at radius 1 is 0.700 bits per heavy atom. The number of primary amides is 1. The third kappa shape index (κ3) is 22.6. The van der Waals surface area contributed by atoms with Gasteiger partial charge in [0.1, 0.15) is 48.5 Å².